The summed E-state index contributed by atoms with van der Waals surface area (Å²) in [5.74, 6) is -3.66. The van der Waals surface area contributed by atoms with Crippen LogP contribution in [0.25, 0.3) is 11.1 Å². The van der Waals surface area contributed by atoms with Gasteiger partial charge in [-0.15, -0.1) is 0 Å². The smallest absolute Gasteiger partial charge is 0.387 e. The highest BCUT2D eigenvalue weighted by Crippen LogP contribution is 2.55. The van der Waals surface area contributed by atoms with Crippen LogP contribution in [0.5, 0.6) is 11.5 Å². The summed E-state index contributed by atoms with van der Waals surface area (Å²) in [7, 11) is 1.49. The minimum absolute atomic E-state index is 0.00154. The summed E-state index contributed by atoms with van der Waals surface area (Å²) in [6.07, 6.45) is -1.76. The zero-order valence-electron chi connectivity index (χ0n) is 17.6. The Kier molecular flexibility index (Phi) is 4.80. The molecule has 3 unspecified atom stereocenters. The SMILES string of the molecule is CN1C(=O)C2(N=C1N)c1cc(-c3cccc(OC(F)F)c3)ccc1OC1CC(F)(F)CCC12. The fraction of sp³-hybridized carbons (Fsp3) is 0.391. The van der Waals surface area contributed by atoms with Crippen LogP contribution in [0.3, 0.4) is 0 Å². The zero-order valence-corrected chi connectivity index (χ0v) is 17.6. The number of hydrogen-bond acceptors (Lipinski definition) is 5. The summed E-state index contributed by atoms with van der Waals surface area (Å²) in [5, 5.41) is 0. The molecule has 1 saturated carbocycles. The molecule has 2 N–H and O–H groups in total. The van der Waals surface area contributed by atoms with Crippen LogP contribution < -0.4 is 15.2 Å². The standard InChI is InChI=1S/C23H21F4N3O3/c1-30-19(31)23(29-21(30)28)15-7-8-22(26,27)11-18(15)33-17-6-5-13(10-16(17)23)12-3-2-4-14(9-12)32-20(24)25/h2-6,9-10,15,18,20H,7-8,11H2,1H3,(H2,28,29). The number of aliphatic imine (C=N–C) groups is 1. The summed E-state index contributed by atoms with van der Waals surface area (Å²) in [4.78, 5) is 19.2. The van der Waals surface area contributed by atoms with E-state index in [2.05, 4.69) is 9.73 Å². The van der Waals surface area contributed by atoms with Crippen molar-refractivity contribution in [1.29, 1.82) is 0 Å². The maximum atomic E-state index is 14.2. The average Bonchev–Trinajstić information content (AvgIpc) is 2.97. The molecule has 1 spiro atoms. The van der Waals surface area contributed by atoms with E-state index in [0.29, 0.717) is 16.7 Å². The Morgan fingerprint density at radius 2 is 1.97 bits per heavy atom. The van der Waals surface area contributed by atoms with Crippen molar-refractivity contribution >= 4 is 11.9 Å². The lowest BCUT2D eigenvalue weighted by atomic mass is 9.66. The van der Waals surface area contributed by atoms with Gasteiger partial charge in [0.1, 0.15) is 17.6 Å². The number of benzene rings is 2. The second-order valence-corrected chi connectivity index (χ2v) is 8.58. The number of nitrogens with two attached hydrogens (primary N) is 1. The minimum Gasteiger partial charge on any atom is -0.489 e. The normalized spacial score (nSPS) is 27.8. The lowest BCUT2D eigenvalue weighted by Crippen LogP contribution is -2.56. The predicted molar refractivity (Wildman–Crippen MR) is 111 cm³/mol. The topological polar surface area (TPSA) is 77.2 Å². The third-order valence-electron chi connectivity index (χ3n) is 6.63. The second-order valence-electron chi connectivity index (χ2n) is 8.58. The number of guanidine groups is 1. The first kappa shape index (κ1) is 21.5. The number of nitrogens with zero attached hydrogens (tertiary/aromatic N) is 2. The molecule has 2 aromatic rings. The van der Waals surface area contributed by atoms with Crippen LogP contribution >= 0.6 is 0 Å². The first-order valence-electron chi connectivity index (χ1n) is 10.5. The molecule has 0 radical (unpaired) electrons. The van der Waals surface area contributed by atoms with Gasteiger partial charge in [-0.1, -0.05) is 18.2 Å². The monoisotopic (exact) mass is 463 g/mol. The highest BCUT2D eigenvalue weighted by Gasteiger charge is 2.62. The second kappa shape index (κ2) is 7.36. The number of carbonyl (C=O) groups is 1. The number of carbonyl (C=O) groups excluding carboxylic acids is 1. The van der Waals surface area contributed by atoms with Gasteiger partial charge in [-0.25, -0.2) is 13.8 Å². The molecule has 1 aliphatic carbocycles. The largest absolute Gasteiger partial charge is 0.489 e. The van der Waals surface area contributed by atoms with Crippen LogP contribution in [0.1, 0.15) is 24.8 Å². The highest BCUT2D eigenvalue weighted by atomic mass is 19.3. The van der Waals surface area contributed by atoms with E-state index in [4.69, 9.17) is 10.5 Å². The van der Waals surface area contributed by atoms with Gasteiger partial charge >= 0.3 is 6.61 Å². The lowest BCUT2D eigenvalue weighted by Gasteiger charge is -2.47. The van der Waals surface area contributed by atoms with Gasteiger partial charge in [0.05, 0.1) is 0 Å². The van der Waals surface area contributed by atoms with E-state index in [9.17, 15) is 22.4 Å². The molecule has 33 heavy (non-hydrogen) atoms. The Bertz CT molecular complexity index is 1160. The van der Waals surface area contributed by atoms with Crippen LogP contribution in [0.4, 0.5) is 17.6 Å². The average molecular weight is 463 g/mol. The molecule has 1 amide bonds. The first-order chi connectivity index (χ1) is 15.6. The van der Waals surface area contributed by atoms with Gasteiger partial charge in [-0.05, 0) is 41.8 Å². The molecule has 0 saturated heterocycles. The van der Waals surface area contributed by atoms with Crippen molar-refractivity contribution in [3.05, 3.63) is 48.0 Å². The van der Waals surface area contributed by atoms with Crippen molar-refractivity contribution in [3.63, 3.8) is 0 Å². The van der Waals surface area contributed by atoms with Gasteiger partial charge in [0, 0.05) is 31.4 Å². The summed E-state index contributed by atoms with van der Waals surface area (Å²) < 4.78 is 64.1. The van der Waals surface area contributed by atoms with E-state index in [1.807, 2.05) is 0 Å². The molecule has 2 aliphatic heterocycles. The van der Waals surface area contributed by atoms with Crippen LogP contribution in [0.15, 0.2) is 47.5 Å². The zero-order chi connectivity index (χ0) is 23.5. The van der Waals surface area contributed by atoms with Crippen molar-refractivity contribution in [2.24, 2.45) is 16.6 Å². The molecule has 1 fully saturated rings. The number of likely N-dealkylation sites (N-methyl/N-ethyl adjacent to an activating group) is 1. The predicted octanol–water partition coefficient (Wildman–Crippen LogP) is 4.13. The third-order valence-corrected chi connectivity index (χ3v) is 6.63. The number of hydrogen-bond donors (Lipinski definition) is 1. The van der Waals surface area contributed by atoms with Gasteiger partial charge in [-0.3, -0.25) is 9.69 Å². The maximum absolute atomic E-state index is 14.2. The third kappa shape index (κ3) is 3.39. The van der Waals surface area contributed by atoms with Gasteiger partial charge in [-0.2, -0.15) is 8.78 Å². The summed E-state index contributed by atoms with van der Waals surface area (Å²) >= 11 is 0. The van der Waals surface area contributed by atoms with Crippen molar-refractivity contribution in [3.8, 4) is 22.6 Å². The van der Waals surface area contributed by atoms with Crippen molar-refractivity contribution in [2.75, 3.05) is 7.05 Å². The summed E-state index contributed by atoms with van der Waals surface area (Å²) in [5.41, 5.74) is 6.11. The number of fused-ring (bicyclic) bond motifs is 4. The van der Waals surface area contributed by atoms with E-state index in [0.717, 1.165) is 0 Å². The molecule has 174 valence electrons. The molecule has 3 aliphatic rings. The van der Waals surface area contributed by atoms with Gasteiger partial charge in [0.2, 0.25) is 0 Å². The summed E-state index contributed by atoms with van der Waals surface area (Å²) in [6.45, 7) is -2.97. The number of alkyl halides is 4. The number of rotatable bonds is 3. The van der Waals surface area contributed by atoms with Crippen LogP contribution in [-0.4, -0.2) is 42.5 Å². The molecule has 2 heterocycles. The van der Waals surface area contributed by atoms with E-state index < -0.39 is 42.4 Å². The van der Waals surface area contributed by atoms with Crippen LogP contribution in [0.2, 0.25) is 0 Å². The van der Waals surface area contributed by atoms with E-state index in [1.165, 1.54) is 24.1 Å². The van der Waals surface area contributed by atoms with Gasteiger partial charge in [0.15, 0.2) is 11.5 Å². The number of ether oxygens (including phenoxy) is 2. The lowest BCUT2D eigenvalue weighted by molar-refractivity contribution is -0.145. The summed E-state index contributed by atoms with van der Waals surface area (Å²) in [6, 6.07) is 11.1. The minimum atomic E-state index is -2.97. The highest BCUT2D eigenvalue weighted by molar-refractivity contribution is 6.07. The van der Waals surface area contributed by atoms with Gasteiger partial charge in [0.25, 0.3) is 11.8 Å². The molecule has 5 rings (SSSR count). The van der Waals surface area contributed by atoms with Crippen LogP contribution in [-0.2, 0) is 10.3 Å². The Morgan fingerprint density at radius 3 is 2.67 bits per heavy atom. The van der Waals surface area contributed by atoms with Gasteiger partial charge < -0.3 is 15.2 Å². The van der Waals surface area contributed by atoms with Crippen molar-refractivity contribution in [1.82, 2.24) is 4.90 Å². The molecular weight excluding hydrogens is 442 g/mol. The Labute approximate surface area is 187 Å². The molecule has 0 aromatic heterocycles. The maximum Gasteiger partial charge on any atom is 0.387 e. The molecule has 10 heteroatoms. The van der Waals surface area contributed by atoms with E-state index in [1.54, 1.807) is 30.3 Å². The van der Waals surface area contributed by atoms with Crippen LogP contribution in [0, 0.1) is 5.92 Å². The molecule has 2 aromatic carbocycles. The molecule has 6 nitrogen and oxygen atoms in total. The van der Waals surface area contributed by atoms with E-state index >= 15 is 0 Å². The Morgan fingerprint density at radius 1 is 1.21 bits per heavy atom. The number of amides is 1. The Balaban J connectivity index is 1.64. The molecule has 3 atom stereocenters. The fourth-order valence-corrected chi connectivity index (χ4v) is 5.10. The van der Waals surface area contributed by atoms with Crippen molar-refractivity contribution < 1.29 is 31.8 Å². The molecule has 0 bridgehead atoms. The Hall–Kier alpha value is -3.30. The first-order valence-corrected chi connectivity index (χ1v) is 10.5. The number of halogens is 4. The molecular formula is C23H21F4N3O3. The van der Waals surface area contributed by atoms with Crippen molar-refractivity contribution in [2.45, 2.75) is 43.4 Å². The quantitative estimate of drug-likeness (QED) is 0.695. The fourth-order valence-electron chi connectivity index (χ4n) is 5.10. The van der Waals surface area contributed by atoms with E-state index in [-0.39, 0.29) is 30.3 Å².